The van der Waals surface area contributed by atoms with E-state index in [1.165, 1.54) is 44.5 Å². The fourth-order valence-corrected chi connectivity index (χ4v) is 3.92. The zero-order valence-corrected chi connectivity index (χ0v) is 14.0. The largest absolute Gasteiger partial charge is 0.294 e. The van der Waals surface area contributed by atoms with Gasteiger partial charge in [-0.2, -0.15) is 4.57 Å². The van der Waals surface area contributed by atoms with Crippen LogP contribution in [0.3, 0.4) is 0 Å². The summed E-state index contributed by atoms with van der Waals surface area (Å²) in [7, 11) is 2.13. The third-order valence-electron chi connectivity index (χ3n) is 5.12. The molecule has 4 bridgehead atoms. The van der Waals surface area contributed by atoms with Crippen molar-refractivity contribution in [2.24, 2.45) is 7.05 Å². The molecule has 0 fully saturated rings. The van der Waals surface area contributed by atoms with E-state index in [1.54, 1.807) is 0 Å². The van der Waals surface area contributed by atoms with Crippen LogP contribution in [-0.2, 0) is 13.5 Å². The highest BCUT2D eigenvalue weighted by atomic mass is 15.1. The minimum Gasteiger partial charge on any atom is -0.232 e. The maximum atomic E-state index is 2.37. The van der Waals surface area contributed by atoms with Crippen LogP contribution in [0.15, 0.2) is 67.0 Å². The van der Waals surface area contributed by atoms with Crippen molar-refractivity contribution in [2.45, 2.75) is 13.3 Å². The molecule has 0 saturated heterocycles. The van der Waals surface area contributed by atoms with Crippen molar-refractivity contribution in [1.82, 2.24) is 4.57 Å². The number of aryl methyl sites for hydroxylation is 2. The standard InChI is InChI=1S/C22H19N2/c1-15-6-8-18-9-7-17-12-16-4-3-5-19(13-16)24-11-10-23(2)22(24)21(15)20(18)14-17/h3-11,13-14H,12H2,1-2H3/q+1. The maximum absolute atomic E-state index is 2.37. The van der Waals surface area contributed by atoms with E-state index in [0.717, 1.165) is 6.42 Å². The third-order valence-corrected chi connectivity index (χ3v) is 5.12. The number of rotatable bonds is 0. The van der Waals surface area contributed by atoms with Crippen LogP contribution in [-0.4, -0.2) is 4.57 Å². The topological polar surface area (TPSA) is 8.81 Å². The molecule has 2 nitrogen and oxygen atoms in total. The summed E-state index contributed by atoms with van der Waals surface area (Å²) >= 11 is 0. The first-order chi connectivity index (χ1) is 11.7. The van der Waals surface area contributed by atoms with Gasteiger partial charge >= 0.3 is 0 Å². The van der Waals surface area contributed by atoms with E-state index in [9.17, 15) is 0 Å². The minimum absolute atomic E-state index is 0.972. The molecule has 0 radical (unpaired) electrons. The highest BCUT2D eigenvalue weighted by Crippen LogP contribution is 2.33. The first-order valence-electron chi connectivity index (χ1n) is 8.39. The quantitative estimate of drug-likeness (QED) is 0.376. The van der Waals surface area contributed by atoms with Crippen molar-refractivity contribution < 1.29 is 4.57 Å². The lowest BCUT2D eigenvalue weighted by Crippen LogP contribution is -2.29. The molecular formula is C22H19N2+. The van der Waals surface area contributed by atoms with Gasteiger partial charge in [0.15, 0.2) is 0 Å². The SMILES string of the molecule is Cc1ccc2ccc3cc2c1-c1n(cc[n+]1C)-c1cccc(c1)C3. The second kappa shape index (κ2) is 4.81. The van der Waals surface area contributed by atoms with Crippen LogP contribution >= 0.6 is 0 Å². The van der Waals surface area contributed by atoms with Gasteiger partial charge in [-0.1, -0.05) is 36.4 Å². The Morgan fingerprint density at radius 1 is 0.958 bits per heavy atom. The van der Waals surface area contributed by atoms with E-state index >= 15 is 0 Å². The Hall–Kier alpha value is -2.87. The predicted molar refractivity (Wildman–Crippen MR) is 97.4 cm³/mol. The van der Waals surface area contributed by atoms with Crippen molar-refractivity contribution >= 4 is 10.8 Å². The number of hydrogen-bond donors (Lipinski definition) is 0. The Labute approximate surface area is 141 Å². The molecule has 0 aliphatic carbocycles. The Kier molecular flexibility index (Phi) is 2.72. The van der Waals surface area contributed by atoms with Gasteiger partial charge in [-0.25, -0.2) is 4.57 Å². The molecule has 1 aliphatic rings. The fourth-order valence-electron chi connectivity index (χ4n) is 3.92. The first-order valence-corrected chi connectivity index (χ1v) is 8.39. The van der Waals surface area contributed by atoms with Crippen LogP contribution in [0.4, 0.5) is 0 Å². The van der Waals surface area contributed by atoms with Crippen LogP contribution in [0.1, 0.15) is 16.7 Å². The number of fused-ring (bicyclic) bond motifs is 6. The Morgan fingerprint density at radius 3 is 2.71 bits per heavy atom. The molecule has 1 aromatic heterocycles. The summed E-state index contributed by atoms with van der Waals surface area (Å²) in [5.74, 6) is 1.23. The number of nitrogens with zero attached hydrogens (tertiary/aromatic N) is 2. The Morgan fingerprint density at radius 2 is 1.79 bits per heavy atom. The normalized spacial score (nSPS) is 12.4. The third kappa shape index (κ3) is 1.86. The van der Waals surface area contributed by atoms with Gasteiger partial charge in [0.25, 0.3) is 5.82 Å². The molecule has 4 aromatic rings. The molecule has 2 heterocycles. The summed E-state index contributed by atoms with van der Waals surface area (Å²) in [5, 5.41) is 2.64. The number of benzene rings is 3. The van der Waals surface area contributed by atoms with Crippen molar-refractivity contribution in [3.05, 3.63) is 83.7 Å². The van der Waals surface area contributed by atoms with Crippen LogP contribution in [0.2, 0.25) is 0 Å². The van der Waals surface area contributed by atoms with Gasteiger partial charge in [0, 0.05) is 0 Å². The average molecular weight is 311 g/mol. The van der Waals surface area contributed by atoms with E-state index in [0.29, 0.717) is 0 Å². The van der Waals surface area contributed by atoms with Gasteiger partial charge in [-0.3, -0.25) is 0 Å². The monoisotopic (exact) mass is 311 g/mol. The highest BCUT2D eigenvalue weighted by Gasteiger charge is 2.24. The molecule has 3 aromatic carbocycles. The zero-order valence-electron chi connectivity index (χ0n) is 14.0. The van der Waals surface area contributed by atoms with Crippen LogP contribution < -0.4 is 4.57 Å². The molecule has 0 spiro atoms. The molecule has 0 atom stereocenters. The summed E-state index contributed by atoms with van der Waals surface area (Å²) in [6.07, 6.45) is 5.28. The summed E-state index contributed by atoms with van der Waals surface area (Å²) in [5.41, 5.74) is 6.59. The second-order valence-electron chi connectivity index (χ2n) is 6.76. The highest BCUT2D eigenvalue weighted by molar-refractivity contribution is 5.97. The van der Waals surface area contributed by atoms with Crippen molar-refractivity contribution in [1.29, 1.82) is 0 Å². The van der Waals surface area contributed by atoms with Crippen LogP contribution in [0.25, 0.3) is 27.8 Å². The first kappa shape index (κ1) is 13.6. The molecule has 2 heteroatoms. The second-order valence-corrected chi connectivity index (χ2v) is 6.76. The maximum Gasteiger partial charge on any atom is 0.294 e. The van der Waals surface area contributed by atoms with Gasteiger partial charge in [0.2, 0.25) is 0 Å². The van der Waals surface area contributed by atoms with E-state index in [-0.39, 0.29) is 0 Å². The molecule has 0 saturated carbocycles. The van der Waals surface area contributed by atoms with Gasteiger partial charge in [0.05, 0.1) is 12.6 Å². The smallest absolute Gasteiger partial charge is 0.232 e. The summed E-state index contributed by atoms with van der Waals surface area (Å²) in [6, 6.07) is 20.2. The summed E-state index contributed by atoms with van der Waals surface area (Å²) in [4.78, 5) is 0. The van der Waals surface area contributed by atoms with Gasteiger partial charge in [0.1, 0.15) is 18.1 Å². The van der Waals surface area contributed by atoms with E-state index in [4.69, 9.17) is 0 Å². The van der Waals surface area contributed by atoms with Gasteiger partial charge in [-0.15, -0.1) is 0 Å². The predicted octanol–water partition coefficient (Wildman–Crippen LogP) is 4.33. The molecule has 24 heavy (non-hydrogen) atoms. The summed E-state index contributed by atoms with van der Waals surface area (Å²) < 4.78 is 4.53. The van der Waals surface area contributed by atoms with E-state index in [2.05, 4.69) is 90.1 Å². The number of hydrogen-bond acceptors (Lipinski definition) is 0. The Bertz CT molecular complexity index is 1100. The fraction of sp³-hybridized carbons (Fsp3) is 0.136. The Balaban J connectivity index is 2.01. The van der Waals surface area contributed by atoms with E-state index < -0.39 is 0 Å². The average Bonchev–Trinajstić information content (AvgIpc) is 2.96. The molecular weight excluding hydrogens is 292 g/mol. The lowest BCUT2D eigenvalue weighted by Gasteiger charge is -2.14. The lowest BCUT2D eigenvalue weighted by molar-refractivity contribution is -0.659. The molecule has 116 valence electrons. The molecule has 0 unspecified atom stereocenters. The molecule has 1 aliphatic heterocycles. The number of aromatic nitrogens is 2. The van der Waals surface area contributed by atoms with Gasteiger partial charge < -0.3 is 0 Å². The van der Waals surface area contributed by atoms with Crippen molar-refractivity contribution in [3.8, 4) is 17.1 Å². The number of imidazole rings is 1. The van der Waals surface area contributed by atoms with Gasteiger partial charge in [-0.05, 0) is 59.0 Å². The van der Waals surface area contributed by atoms with Crippen molar-refractivity contribution in [3.63, 3.8) is 0 Å². The minimum atomic E-state index is 0.972. The zero-order chi connectivity index (χ0) is 16.3. The van der Waals surface area contributed by atoms with E-state index in [1.807, 2.05) is 0 Å². The molecule has 0 N–H and O–H groups in total. The molecule has 0 amide bonds. The van der Waals surface area contributed by atoms with Crippen molar-refractivity contribution in [2.75, 3.05) is 0 Å². The lowest BCUT2D eigenvalue weighted by atomic mass is 9.94. The summed E-state index contributed by atoms with van der Waals surface area (Å²) in [6.45, 7) is 2.21. The van der Waals surface area contributed by atoms with Crippen LogP contribution in [0.5, 0.6) is 0 Å². The molecule has 5 rings (SSSR count). The van der Waals surface area contributed by atoms with Crippen LogP contribution in [0, 0.1) is 6.92 Å².